The van der Waals surface area contributed by atoms with Gasteiger partial charge in [-0.2, -0.15) is 4.98 Å². The third-order valence-electron chi connectivity index (χ3n) is 5.38. The van der Waals surface area contributed by atoms with E-state index >= 15 is 0 Å². The Bertz CT molecular complexity index is 1220. The molecule has 0 bridgehead atoms. The van der Waals surface area contributed by atoms with Crippen molar-refractivity contribution in [2.75, 3.05) is 23.7 Å². The van der Waals surface area contributed by atoms with Crippen LogP contribution in [0.25, 0.3) is 22.3 Å². The second-order valence-electron chi connectivity index (χ2n) is 7.42. The zero-order valence-electron chi connectivity index (χ0n) is 16.2. The van der Waals surface area contributed by atoms with E-state index in [0.29, 0.717) is 29.3 Å². The quantitative estimate of drug-likeness (QED) is 0.555. The smallest absolute Gasteiger partial charge is 0.228 e. The van der Waals surface area contributed by atoms with Gasteiger partial charge in [-0.1, -0.05) is 30.3 Å². The van der Waals surface area contributed by atoms with Crippen molar-refractivity contribution in [3.05, 3.63) is 65.7 Å². The Balaban J connectivity index is 1.72. The van der Waals surface area contributed by atoms with E-state index < -0.39 is 11.6 Å². The van der Waals surface area contributed by atoms with E-state index in [1.807, 2.05) is 35.2 Å². The third-order valence-corrected chi connectivity index (χ3v) is 5.38. The fraction of sp³-hybridized carbons (Fsp3) is 0.227. The second-order valence-corrected chi connectivity index (χ2v) is 7.42. The van der Waals surface area contributed by atoms with Gasteiger partial charge in [-0.25, -0.2) is 18.4 Å². The average Bonchev–Trinajstić information content (AvgIpc) is 3.39. The van der Waals surface area contributed by atoms with Gasteiger partial charge in [0, 0.05) is 18.7 Å². The second kappa shape index (κ2) is 7.37. The van der Waals surface area contributed by atoms with Crippen molar-refractivity contribution in [3.63, 3.8) is 0 Å². The molecule has 3 heterocycles. The number of anilines is 2. The summed E-state index contributed by atoms with van der Waals surface area (Å²) in [5.41, 5.74) is 8.11. The number of benzene rings is 2. The Hall–Kier alpha value is -3.55. The van der Waals surface area contributed by atoms with Crippen LogP contribution in [0.15, 0.2) is 48.5 Å². The lowest BCUT2D eigenvalue weighted by molar-refractivity contribution is 0.603. The van der Waals surface area contributed by atoms with Gasteiger partial charge in [0.25, 0.3) is 0 Å². The zero-order chi connectivity index (χ0) is 20.7. The largest absolute Gasteiger partial charge is 0.383 e. The lowest BCUT2D eigenvalue weighted by atomic mass is 10.1. The Morgan fingerprint density at radius 2 is 1.73 bits per heavy atom. The van der Waals surface area contributed by atoms with Crippen molar-refractivity contribution >= 4 is 22.8 Å². The fourth-order valence-corrected chi connectivity index (χ4v) is 3.85. The molecule has 0 aliphatic carbocycles. The first-order valence-corrected chi connectivity index (χ1v) is 9.88. The molecular weight excluding hydrogens is 386 g/mol. The van der Waals surface area contributed by atoms with E-state index in [-0.39, 0.29) is 11.3 Å². The molecule has 0 unspecified atom stereocenters. The number of hydrogen-bond donors (Lipinski definition) is 1. The third kappa shape index (κ3) is 3.24. The minimum absolute atomic E-state index is 0.0498. The minimum Gasteiger partial charge on any atom is -0.383 e. The molecule has 1 saturated heterocycles. The summed E-state index contributed by atoms with van der Waals surface area (Å²) in [5, 5.41) is 5.00. The van der Waals surface area contributed by atoms with Crippen molar-refractivity contribution < 1.29 is 8.78 Å². The van der Waals surface area contributed by atoms with Crippen LogP contribution < -0.4 is 10.6 Å². The molecule has 6 nitrogen and oxygen atoms in total. The molecule has 2 N–H and O–H groups in total. The molecule has 2 aromatic carbocycles. The van der Waals surface area contributed by atoms with E-state index in [9.17, 15) is 8.78 Å². The number of halogens is 2. The molecule has 1 aliphatic heterocycles. The Morgan fingerprint density at radius 1 is 0.967 bits per heavy atom. The average molecular weight is 406 g/mol. The molecule has 4 aromatic rings. The maximum absolute atomic E-state index is 14.7. The van der Waals surface area contributed by atoms with Gasteiger partial charge in [-0.05, 0) is 36.6 Å². The molecule has 1 fully saturated rings. The molecule has 5 rings (SSSR count). The number of nitrogen functional groups attached to an aromatic ring is 1. The number of nitrogens with two attached hydrogens (primary N) is 1. The lowest BCUT2D eigenvalue weighted by Gasteiger charge is -2.16. The van der Waals surface area contributed by atoms with Crippen LogP contribution in [0.5, 0.6) is 0 Å². The highest BCUT2D eigenvalue weighted by Gasteiger charge is 2.24. The molecule has 2 aromatic heterocycles. The summed E-state index contributed by atoms with van der Waals surface area (Å²) >= 11 is 0. The highest BCUT2D eigenvalue weighted by molar-refractivity contribution is 5.99. The van der Waals surface area contributed by atoms with Crippen molar-refractivity contribution in [1.82, 2.24) is 19.7 Å². The summed E-state index contributed by atoms with van der Waals surface area (Å²) in [7, 11) is 0. The van der Waals surface area contributed by atoms with Gasteiger partial charge in [0.05, 0.1) is 17.6 Å². The summed E-state index contributed by atoms with van der Waals surface area (Å²) in [5.74, 6) is -0.335. The van der Waals surface area contributed by atoms with E-state index in [4.69, 9.17) is 5.73 Å². The van der Waals surface area contributed by atoms with Crippen LogP contribution in [-0.2, 0) is 6.54 Å². The number of hydrogen-bond acceptors (Lipinski definition) is 5. The molecule has 30 heavy (non-hydrogen) atoms. The maximum atomic E-state index is 14.7. The number of fused-ring (bicyclic) bond motifs is 1. The molecule has 152 valence electrons. The molecule has 0 spiro atoms. The SMILES string of the molecule is Nc1c2c(-c3cc(F)ccc3F)nc(N3CCCC3)nc2nn1Cc1ccccc1. The van der Waals surface area contributed by atoms with E-state index in [2.05, 4.69) is 15.1 Å². The highest BCUT2D eigenvalue weighted by atomic mass is 19.1. The summed E-state index contributed by atoms with van der Waals surface area (Å²) < 4.78 is 30.3. The molecule has 0 atom stereocenters. The first-order valence-electron chi connectivity index (χ1n) is 9.88. The topological polar surface area (TPSA) is 72.9 Å². The van der Waals surface area contributed by atoms with Gasteiger partial charge in [-0.3, -0.25) is 0 Å². The molecule has 0 amide bonds. The first kappa shape index (κ1) is 18.5. The Kier molecular flexibility index (Phi) is 4.54. The van der Waals surface area contributed by atoms with E-state index in [1.54, 1.807) is 4.68 Å². The van der Waals surface area contributed by atoms with Gasteiger partial charge >= 0.3 is 0 Å². The summed E-state index contributed by atoms with van der Waals surface area (Å²) in [6.45, 7) is 2.07. The monoisotopic (exact) mass is 406 g/mol. The van der Waals surface area contributed by atoms with Crippen molar-refractivity contribution in [1.29, 1.82) is 0 Å². The van der Waals surface area contributed by atoms with E-state index in [1.165, 1.54) is 0 Å². The molecule has 1 aliphatic rings. The summed E-state index contributed by atoms with van der Waals surface area (Å²) in [6.07, 6.45) is 2.07. The molecule has 0 radical (unpaired) electrons. The maximum Gasteiger partial charge on any atom is 0.228 e. The summed E-state index contributed by atoms with van der Waals surface area (Å²) in [4.78, 5) is 11.3. The van der Waals surface area contributed by atoms with Crippen molar-refractivity contribution in [3.8, 4) is 11.3 Å². The van der Waals surface area contributed by atoms with Crippen LogP contribution >= 0.6 is 0 Å². The fourth-order valence-electron chi connectivity index (χ4n) is 3.85. The number of nitrogens with zero attached hydrogens (tertiary/aromatic N) is 5. The molecule has 8 heteroatoms. The highest BCUT2D eigenvalue weighted by Crippen LogP contribution is 2.34. The Labute approximate surface area is 172 Å². The number of rotatable bonds is 4. The van der Waals surface area contributed by atoms with Crippen LogP contribution in [0.4, 0.5) is 20.5 Å². The summed E-state index contributed by atoms with van der Waals surface area (Å²) in [6, 6.07) is 13.1. The predicted molar refractivity (Wildman–Crippen MR) is 112 cm³/mol. The first-order chi connectivity index (χ1) is 14.6. The predicted octanol–water partition coefficient (Wildman–Crippen LogP) is 4.00. The van der Waals surface area contributed by atoms with Crippen molar-refractivity contribution in [2.24, 2.45) is 0 Å². The number of aromatic nitrogens is 4. The van der Waals surface area contributed by atoms with Gasteiger partial charge in [0.1, 0.15) is 17.5 Å². The molecular formula is C22H20F2N6. The standard InChI is InChI=1S/C22H20F2N6/c23-15-8-9-17(24)16(12-15)19-18-20(25)30(13-14-6-2-1-3-7-14)28-21(18)27-22(26-19)29-10-4-5-11-29/h1-3,6-9,12H,4-5,10-11,13,25H2. The van der Waals surface area contributed by atoms with Crippen molar-refractivity contribution in [2.45, 2.75) is 19.4 Å². The van der Waals surface area contributed by atoms with Crippen LogP contribution in [0.3, 0.4) is 0 Å². The normalized spacial score (nSPS) is 14.0. The lowest BCUT2D eigenvalue weighted by Crippen LogP contribution is -2.20. The minimum atomic E-state index is -0.570. The van der Waals surface area contributed by atoms with Gasteiger partial charge < -0.3 is 10.6 Å². The molecule has 0 saturated carbocycles. The van der Waals surface area contributed by atoms with Crippen LogP contribution in [0.2, 0.25) is 0 Å². The van der Waals surface area contributed by atoms with Crippen LogP contribution in [-0.4, -0.2) is 32.8 Å². The van der Waals surface area contributed by atoms with Gasteiger partial charge in [-0.15, -0.1) is 5.10 Å². The Morgan fingerprint density at radius 3 is 2.50 bits per heavy atom. The van der Waals surface area contributed by atoms with Crippen LogP contribution in [0, 0.1) is 11.6 Å². The van der Waals surface area contributed by atoms with E-state index in [0.717, 1.165) is 49.7 Å². The van der Waals surface area contributed by atoms with Gasteiger partial charge in [0.2, 0.25) is 5.95 Å². The zero-order valence-corrected chi connectivity index (χ0v) is 16.2. The van der Waals surface area contributed by atoms with Crippen LogP contribution in [0.1, 0.15) is 18.4 Å². The van der Waals surface area contributed by atoms with Gasteiger partial charge in [0.15, 0.2) is 5.65 Å².